The fraction of sp³-hybridized carbons (Fsp3) is 0.727. The molecule has 0 saturated heterocycles. The highest BCUT2D eigenvalue weighted by molar-refractivity contribution is 5.46. The van der Waals surface area contributed by atoms with Crippen molar-refractivity contribution >= 4 is 6.41 Å². The Morgan fingerprint density at radius 1 is 1.31 bits per heavy atom. The van der Waals surface area contributed by atoms with E-state index >= 15 is 0 Å². The van der Waals surface area contributed by atoms with Gasteiger partial charge in [-0.3, -0.25) is 4.79 Å². The number of rotatable bonds is 4. The zero-order chi connectivity index (χ0) is 9.52. The van der Waals surface area contributed by atoms with Crippen LogP contribution in [0.25, 0.3) is 0 Å². The molecule has 13 heavy (non-hydrogen) atoms. The van der Waals surface area contributed by atoms with Gasteiger partial charge in [-0.2, -0.15) is 0 Å². The second-order valence-electron chi connectivity index (χ2n) is 3.73. The first-order chi connectivity index (χ1) is 6.36. The minimum Gasteiger partial charge on any atom is -0.356 e. The van der Waals surface area contributed by atoms with Crippen LogP contribution in [0.3, 0.4) is 0 Å². The molecule has 0 unspecified atom stereocenters. The van der Waals surface area contributed by atoms with Crippen molar-refractivity contribution in [3.8, 4) is 0 Å². The van der Waals surface area contributed by atoms with Gasteiger partial charge in [-0.1, -0.05) is 19.1 Å². The van der Waals surface area contributed by atoms with Gasteiger partial charge in [-0.25, -0.2) is 0 Å². The average Bonchev–Trinajstić information content (AvgIpc) is 2.17. The van der Waals surface area contributed by atoms with Gasteiger partial charge in [0.25, 0.3) is 0 Å². The van der Waals surface area contributed by atoms with E-state index in [0.717, 1.165) is 31.6 Å². The first-order valence-corrected chi connectivity index (χ1v) is 5.23. The molecular weight excluding hydrogens is 162 g/mol. The fourth-order valence-electron chi connectivity index (χ4n) is 1.90. The van der Waals surface area contributed by atoms with Crippen molar-refractivity contribution in [1.82, 2.24) is 5.32 Å². The summed E-state index contributed by atoms with van der Waals surface area (Å²) >= 11 is 0. The lowest BCUT2D eigenvalue weighted by Gasteiger charge is -2.26. The van der Waals surface area contributed by atoms with Gasteiger partial charge in [-0.05, 0) is 38.0 Å². The predicted molar refractivity (Wildman–Crippen MR) is 54.4 cm³/mol. The maximum Gasteiger partial charge on any atom is 0.207 e. The molecule has 1 aliphatic carbocycles. The lowest BCUT2D eigenvalue weighted by molar-refractivity contribution is -0.110. The Kier molecular flexibility index (Phi) is 4.58. The van der Waals surface area contributed by atoms with E-state index in [1.165, 1.54) is 12.8 Å². The van der Waals surface area contributed by atoms with Crippen LogP contribution in [-0.2, 0) is 4.79 Å². The van der Waals surface area contributed by atoms with Gasteiger partial charge in [0.2, 0.25) is 6.41 Å². The summed E-state index contributed by atoms with van der Waals surface area (Å²) in [4.78, 5) is 10.2. The molecule has 0 heterocycles. The molecule has 74 valence electrons. The van der Waals surface area contributed by atoms with Crippen LogP contribution >= 0.6 is 0 Å². The molecule has 0 aromatic rings. The fourth-order valence-corrected chi connectivity index (χ4v) is 1.90. The standard InChI is InChI=1S/C11H19NO/c1-2-3-4-10-5-7-11(8-6-10)12-9-13/h3-4,9-11H,2,5-8H2,1H3,(H,12,13)/b4-3-. The molecule has 0 aliphatic heterocycles. The van der Waals surface area contributed by atoms with Crippen LogP contribution in [0.1, 0.15) is 39.0 Å². The zero-order valence-electron chi connectivity index (χ0n) is 8.33. The summed E-state index contributed by atoms with van der Waals surface area (Å²) in [6.45, 7) is 2.16. The number of carbonyl (C=O) groups is 1. The number of amides is 1. The van der Waals surface area contributed by atoms with Crippen LogP contribution in [0.2, 0.25) is 0 Å². The van der Waals surface area contributed by atoms with E-state index in [1.807, 2.05) is 0 Å². The quantitative estimate of drug-likeness (QED) is 0.523. The molecule has 0 radical (unpaired) electrons. The molecule has 0 atom stereocenters. The maximum atomic E-state index is 10.2. The Balaban J connectivity index is 2.22. The summed E-state index contributed by atoms with van der Waals surface area (Å²) in [5, 5.41) is 2.86. The monoisotopic (exact) mass is 181 g/mol. The number of nitrogens with one attached hydrogen (secondary N) is 1. The molecular formula is C11H19NO. The minimum absolute atomic E-state index is 0.434. The largest absolute Gasteiger partial charge is 0.356 e. The Bertz CT molecular complexity index is 169. The number of carbonyl (C=O) groups excluding carboxylic acids is 1. The SMILES string of the molecule is CC/C=C\C1CCC(NC=O)CC1. The molecule has 1 N–H and O–H groups in total. The average molecular weight is 181 g/mol. The lowest BCUT2D eigenvalue weighted by Crippen LogP contribution is -2.31. The Labute approximate surface area is 80.4 Å². The Morgan fingerprint density at radius 3 is 2.54 bits per heavy atom. The van der Waals surface area contributed by atoms with Crippen LogP contribution in [0.5, 0.6) is 0 Å². The van der Waals surface area contributed by atoms with Gasteiger partial charge in [0.1, 0.15) is 0 Å². The summed E-state index contributed by atoms with van der Waals surface area (Å²) in [6.07, 6.45) is 11.3. The molecule has 1 saturated carbocycles. The lowest BCUT2D eigenvalue weighted by atomic mass is 9.86. The molecule has 2 heteroatoms. The summed E-state index contributed by atoms with van der Waals surface area (Å²) in [7, 11) is 0. The van der Waals surface area contributed by atoms with Crippen molar-refractivity contribution < 1.29 is 4.79 Å². The number of hydrogen-bond donors (Lipinski definition) is 1. The van der Waals surface area contributed by atoms with Gasteiger partial charge in [0.05, 0.1) is 0 Å². The third-order valence-electron chi connectivity index (χ3n) is 2.72. The highest BCUT2D eigenvalue weighted by Gasteiger charge is 2.18. The molecule has 0 bridgehead atoms. The smallest absolute Gasteiger partial charge is 0.207 e. The number of hydrogen-bond acceptors (Lipinski definition) is 1. The van der Waals surface area contributed by atoms with Crippen molar-refractivity contribution in [2.45, 2.75) is 45.1 Å². The van der Waals surface area contributed by atoms with Crippen molar-refractivity contribution in [3.05, 3.63) is 12.2 Å². The van der Waals surface area contributed by atoms with E-state index in [1.54, 1.807) is 0 Å². The second-order valence-corrected chi connectivity index (χ2v) is 3.73. The normalized spacial score (nSPS) is 29.0. The third kappa shape index (κ3) is 3.62. The molecule has 0 spiro atoms. The Morgan fingerprint density at radius 2 is 2.00 bits per heavy atom. The van der Waals surface area contributed by atoms with Crippen molar-refractivity contribution in [2.75, 3.05) is 0 Å². The van der Waals surface area contributed by atoms with Crippen molar-refractivity contribution in [2.24, 2.45) is 5.92 Å². The van der Waals surface area contributed by atoms with Gasteiger partial charge in [0, 0.05) is 6.04 Å². The molecule has 0 aromatic carbocycles. The zero-order valence-corrected chi connectivity index (χ0v) is 8.33. The van der Waals surface area contributed by atoms with Crippen LogP contribution in [0, 0.1) is 5.92 Å². The van der Waals surface area contributed by atoms with Gasteiger partial charge < -0.3 is 5.32 Å². The van der Waals surface area contributed by atoms with E-state index in [9.17, 15) is 4.79 Å². The van der Waals surface area contributed by atoms with E-state index in [0.29, 0.717) is 6.04 Å². The van der Waals surface area contributed by atoms with E-state index in [4.69, 9.17) is 0 Å². The molecule has 1 rings (SSSR count). The minimum atomic E-state index is 0.434. The molecule has 1 aliphatic rings. The molecule has 2 nitrogen and oxygen atoms in total. The predicted octanol–water partition coefficient (Wildman–Crippen LogP) is 2.26. The van der Waals surface area contributed by atoms with Crippen LogP contribution in [-0.4, -0.2) is 12.5 Å². The molecule has 1 fully saturated rings. The van der Waals surface area contributed by atoms with E-state index in [-0.39, 0.29) is 0 Å². The Hall–Kier alpha value is -0.790. The maximum absolute atomic E-state index is 10.2. The van der Waals surface area contributed by atoms with Crippen LogP contribution in [0.15, 0.2) is 12.2 Å². The van der Waals surface area contributed by atoms with E-state index < -0.39 is 0 Å². The van der Waals surface area contributed by atoms with Gasteiger partial charge >= 0.3 is 0 Å². The van der Waals surface area contributed by atoms with Crippen molar-refractivity contribution in [1.29, 1.82) is 0 Å². The van der Waals surface area contributed by atoms with Crippen molar-refractivity contribution in [3.63, 3.8) is 0 Å². The summed E-state index contributed by atoms with van der Waals surface area (Å²) in [5.41, 5.74) is 0. The molecule has 0 aromatic heterocycles. The topological polar surface area (TPSA) is 29.1 Å². The third-order valence-corrected chi connectivity index (χ3v) is 2.72. The first-order valence-electron chi connectivity index (χ1n) is 5.23. The summed E-state index contributed by atoms with van der Waals surface area (Å²) in [6, 6.07) is 0.434. The highest BCUT2D eigenvalue weighted by atomic mass is 16.1. The highest BCUT2D eigenvalue weighted by Crippen LogP contribution is 2.25. The summed E-state index contributed by atoms with van der Waals surface area (Å²) in [5.74, 6) is 0.754. The van der Waals surface area contributed by atoms with Crippen LogP contribution in [0.4, 0.5) is 0 Å². The van der Waals surface area contributed by atoms with Gasteiger partial charge in [0.15, 0.2) is 0 Å². The molecule has 1 amide bonds. The number of allylic oxidation sites excluding steroid dienone is 2. The van der Waals surface area contributed by atoms with E-state index in [2.05, 4.69) is 24.4 Å². The summed E-state index contributed by atoms with van der Waals surface area (Å²) < 4.78 is 0. The first kappa shape index (κ1) is 10.3. The van der Waals surface area contributed by atoms with Crippen LogP contribution < -0.4 is 5.32 Å². The van der Waals surface area contributed by atoms with Gasteiger partial charge in [-0.15, -0.1) is 0 Å². The second kappa shape index (κ2) is 5.79.